The number of rotatable bonds is 6. The van der Waals surface area contributed by atoms with Gasteiger partial charge < -0.3 is 4.57 Å². The number of imidazole rings is 1. The van der Waals surface area contributed by atoms with Gasteiger partial charge in [0.05, 0.1) is 5.52 Å². The highest BCUT2D eigenvalue weighted by atomic mass is 35.5. The summed E-state index contributed by atoms with van der Waals surface area (Å²) in [4.78, 5) is 4.40. The van der Waals surface area contributed by atoms with E-state index in [0.717, 1.165) is 24.3 Å². The van der Waals surface area contributed by atoms with Crippen molar-refractivity contribution < 1.29 is 4.39 Å². The van der Waals surface area contributed by atoms with E-state index in [-0.39, 0.29) is 5.82 Å². The fourth-order valence-corrected chi connectivity index (χ4v) is 2.62. The maximum Gasteiger partial charge on any atom is 0.151 e. The van der Waals surface area contributed by atoms with Gasteiger partial charge in [-0.15, -0.1) is 11.6 Å². The second-order valence-electron chi connectivity index (χ2n) is 4.56. The molecule has 0 aliphatic carbocycles. The van der Waals surface area contributed by atoms with Crippen LogP contribution in [0.15, 0.2) is 18.2 Å². The molecular weight excluding hydrogens is 283 g/mol. The lowest BCUT2D eigenvalue weighted by Gasteiger charge is -2.12. The van der Waals surface area contributed by atoms with Gasteiger partial charge in [-0.1, -0.05) is 13.0 Å². The van der Waals surface area contributed by atoms with Crippen molar-refractivity contribution in [1.82, 2.24) is 9.55 Å². The first-order chi connectivity index (χ1) is 9.17. The predicted molar refractivity (Wildman–Crippen MR) is 81.7 cm³/mol. The first-order valence-corrected chi connectivity index (χ1v) is 8.22. The minimum atomic E-state index is -0.259. The van der Waals surface area contributed by atoms with Gasteiger partial charge in [0, 0.05) is 24.1 Å². The zero-order chi connectivity index (χ0) is 13.8. The Morgan fingerprint density at radius 3 is 2.95 bits per heavy atom. The topological polar surface area (TPSA) is 17.8 Å². The maximum absolute atomic E-state index is 13.8. The Kier molecular flexibility index (Phi) is 5.11. The molecule has 0 saturated carbocycles. The van der Waals surface area contributed by atoms with Gasteiger partial charge in [-0.05, 0) is 24.8 Å². The van der Waals surface area contributed by atoms with Crippen LogP contribution in [0.1, 0.15) is 19.2 Å². The third-order valence-electron chi connectivity index (χ3n) is 3.29. The van der Waals surface area contributed by atoms with Crippen LogP contribution in [0, 0.1) is 5.82 Å². The summed E-state index contributed by atoms with van der Waals surface area (Å²) in [6, 6.07) is 5.11. The van der Waals surface area contributed by atoms with Crippen molar-refractivity contribution in [2.45, 2.75) is 31.6 Å². The number of halogens is 2. The molecule has 1 unspecified atom stereocenters. The summed E-state index contributed by atoms with van der Waals surface area (Å²) < 4.78 is 15.9. The second kappa shape index (κ2) is 6.62. The van der Waals surface area contributed by atoms with Crippen LogP contribution in [-0.4, -0.2) is 26.9 Å². The van der Waals surface area contributed by atoms with E-state index in [1.807, 2.05) is 17.8 Å². The van der Waals surface area contributed by atoms with Crippen molar-refractivity contribution in [3.05, 3.63) is 29.8 Å². The van der Waals surface area contributed by atoms with Crippen LogP contribution in [0.5, 0.6) is 0 Å². The van der Waals surface area contributed by atoms with Gasteiger partial charge in [0.2, 0.25) is 0 Å². The molecule has 2 nitrogen and oxygen atoms in total. The summed E-state index contributed by atoms with van der Waals surface area (Å²) in [5.41, 5.74) is 1.33. The number of nitrogens with zero attached hydrogens (tertiary/aromatic N) is 2. The third-order valence-corrected chi connectivity index (χ3v) is 4.52. The Labute approximate surface area is 122 Å². The SMILES string of the molecule is CSC(C)CCn1c(CCCl)nc2c(F)cccc21. The van der Waals surface area contributed by atoms with Crippen molar-refractivity contribution in [3.8, 4) is 0 Å². The number of thioether (sulfide) groups is 1. The molecule has 0 aliphatic rings. The van der Waals surface area contributed by atoms with E-state index in [2.05, 4.69) is 22.7 Å². The van der Waals surface area contributed by atoms with Crippen LogP contribution in [0.4, 0.5) is 4.39 Å². The number of hydrogen-bond donors (Lipinski definition) is 0. The second-order valence-corrected chi connectivity index (χ2v) is 6.22. The number of aryl methyl sites for hydroxylation is 2. The zero-order valence-corrected chi connectivity index (χ0v) is 12.8. The molecule has 104 valence electrons. The number of aromatic nitrogens is 2. The van der Waals surface area contributed by atoms with E-state index in [1.165, 1.54) is 6.07 Å². The predicted octanol–water partition coefficient (Wildman–Crippen LogP) is 4.10. The Morgan fingerprint density at radius 1 is 1.47 bits per heavy atom. The van der Waals surface area contributed by atoms with E-state index in [4.69, 9.17) is 11.6 Å². The third kappa shape index (κ3) is 3.23. The molecule has 1 aromatic heterocycles. The van der Waals surface area contributed by atoms with Crippen LogP contribution in [-0.2, 0) is 13.0 Å². The fourth-order valence-electron chi connectivity index (χ4n) is 2.11. The Balaban J connectivity index is 2.37. The lowest BCUT2D eigenvalue weighted by Crippen LogP contribution is -2.08. The fraction of sp³-hybridized carbons (Fsp3) is 0.500. The van der Waals surface area contributed by atoms with Gasteiger partial charge in [-0.3, -0.25) is 0 Å². The highest BCUT2D eigenvalue weighted by Gasteiger charge is 2.13. The van der Waals surface area contributed by atoms with Crippen LogP contribution in [0.3, 0.4) is 0 Å². The molecule has 0 saturated heterocycles. The first-order valence-electron chi connectivity index (χ1n) is 6.39. The Bertz CT molecular complexity index is 556. The minimum Gasteiger partial charge on any atom is -0.328 e. The van der Waals surface area contributed by atoms with Crippen LogP contribution < -0.4 is 0 Å². The molecule has 2 aromatic rings. The van der Waals surface area contributed by atoms with E-state index in [0.29, 0.717) is 23.1 Å². The monoisotopic (exact) mass is 300 g/mol. The quantitative estimate of drug-likeness (QED) is 0.748. The summed E-state index contributed by atoms with van der Waals surface area (Å²) in [6.07, 6.45) is 3.82. The number of para-hydroxylation sites is 1. The molecule has 0 amide bonds. The van der Waals surface area contributed by atoms with Gasteiger partial charge in [0.1, 0.15) is 11.3 Å². The molecule has 1 aromatic carbocycles. The van der Waals surface area contributed by atoms with Crippen LogP contribution in [0.2, 0.25) is 0 Å². The standard InChI is InChI=1S/C14H18ClFN2S/c1-10(19-2)7-9-18-12-5-3-4-11(16)14(12)17-13(18)6-8-15/h3-5,10H,6-9H2,1-2H3. The molecule has 5 heteroatoms. The summed E-state index contributed by atoms with van der Waals surface area (Å²) in [6.45, 7) is 3.06. The molecule has 1 atom stereocenters. The number of alkyl halides is 1. The summed E-state index contributed by atoms with van der Waals surface area (Å²) >= 11 is 7.65. The summed E-state index contributed by atoms with van der Waals surface area (Å²) in [5.74, 6) is 1.12. The van der Waals surface area contributed by atoms with E-state index in [9.17, 15) is 4.39 Å². The van der Waals surface area contributed by atoms with Crippen molar-refractivity contribution >= 4 is 34.4 Å². The van der Waals surface area contributed by atoms with Gasteiger partial charge in [-0.25, -0.2) is 9.37 Å². The summed E-state index contributed by atoms with van der Waals surface area (Å²) in [7, 11) is 0. The molecule has 2 rings (SSSR count). The molecule has 0 fully saturated rings. The minimum absolute atomic E-state index is 0.259. The molecular formula is C14H18ClFN2S. The zero-order valence-electron chi connectivity index (χ0n) is 11.2. The average Bonchev–Trinajstić information content (AvgIpc) is 2.76. The average molecular weight is 301 g/mol. The van der Waals surface area contributed by atoms with Gasteiger partial charge in [-0.2, -0.15) is 11.8 Å². The number of benzene rings is 1. The van der Waals surface area contributed by atoms with Gasteiger partial charge in [0.15, 0.2) is 5.82 Å². The molecule has 0 bridgehead atoms. The van der Waals surface area contributed by atoms with Crippen molar-refractivity contribution in [2.24, 2.45) is 0 Å². The lowest BCUT2D eigenvalue weighted by molar-refractivity contribution is 0.628. The lowest BCUT2D eigenvalue weighted by atomic mass is 10.3. The van der Waals surface area contributed by atoms with Gasteiger partial charge >= 0.3 is 0 Å². The van der Waals surface area contributed by atoms with Crippen LogP contribution >= 0.6 is 23.4 Å². The van der Waals surface area contributed by atoms with E-state index < -0.39 is 0 Å². The normalized spacial score (nSPS) is 13.1. The van der Waals surface area contributed by atoms with E-state index in [1.54, 1.807) is 6.07 Å². The highest BCUT2D eigenvalue weighted by Crippen LogP contribution is 2.21. The maximum atomic E-state index is 13.8. The van der Waals surface area contributed by atoms with Crippen molar-refractivity contribution in [3.63, 3.8) is 0 Å². The largest absolute Gasteiger partial charge is 0.328 e. The molecule has 0 spiro atoms. The molecule has 0 aliphatic heterocycles. The van der Waals surface area contributed by atoms with Crippen molar-refractivity contribution in [1.29, 1.82) is 0 Å². The Hall–Kier alpha value is -0.740. The number of hydrogen-bond acceptors (Lipinski definition) is 2. The summed E-state index contributed by atoms with van der Waals surface area (Å²) in [5, 5.41) is 0.579. The number of fused-ring (bicyclic) bond motifs is 1. The first kappa shape index (κ1) is 14.7. The van der Waals surface area contributed by atoms with Crippen molar-refractivity contribution in [2.75, 3.05) is 12.1 Å². The molecule has 1 heterocycles. The van der Waals surface area contributed by atoms with E-state index >= 15 is 0 Å². The van der Waals surface area contributed by atoms with Crippen LogP contribution in [0.25, 0.3) is 11.0 Å². The highest BCUT2D eigenvalue weighted by molar-refractivity contribution is 7.99. The smallest absolute Gasteiger partial charge is 0.151 e. The molecule has 0 N–H and O–H groups in total. The van der Waals surface area contributed by atoms with Gasteiger partial charge in [0.25, 0.3) is 0 Å². The molecule has 0 radical (unpaired) electrons. The Morgan fingerprint density at radius 2 is 2.26 bits per heavy atom. The molecule has 19 heavy (non-hydrogen) atoms.